The number of aliphatic hydroxyl groups excluding tert-OH is 2. The molecular weight excluding hydrogens is 324 g/mol. The molecule has 140 valence electrons. The second kappa shape index (κ2) is 8.29. The summed E-state index contributed by atoms with van der Waals surface area (Å²) in [7, 11) is 0. The second-order valence-electron chi connectivity index (χ2n) is 7.63. The van der Waals surface area contributed by atoms with Gasteiger partial charge in [0.1, 0.15) is 11.9 Å². The molecule has 0 radical (unpaired) electrons. The summed E-state index contributed by atoms with van der Waals surface area (Å²) in [6.45, 7) is 5.99. The van der Waals surface area contributed by atoms with Gasteiger partial charge in [0.05, 0.1) is 12.2 Å². The van der Waals surface area contributed by atoms with Crippen molar-refractivity contribution < 1.29 is 14.9 Å². The van der Waals surface area contributed by atoms with Crippen LogP contribution in [0.2, 0.25) is 0 Å². The van der Waals surface area contributed by atoms with Crippen LogP contribution in [0, 0.1) is 23.7 Å². The van der Waals surface area contributed by atoms with Crippen LogP contribution in [0.25, 0.3) is 0 Å². The molecule has 2 aliphatic rings. The lowest BCUT2D eigenvalue weighted by molar-refractivity contribution is 0.134. The third-order valence-electron chi connectivity index (χ3n) is 5.72. The summed E-state index contributed by atoms with van der Waals surface area (Å²) >= 11 is 0. The topological polar surface area (TPSA) is 49.7 Å². The van der Waals surface area contributed by atoms with Crippen molar-refractivity contribution in [1.82, 2.24) is 0 Å². The molecule has 1 saturated carbocycles. The summed E-state index contributed by atoms with van der Waals surface area (Å²) in [4.78, 5) is 0. The first kappa shape index (κ1) is 19.0. The molecule has 0 bridgehead atoms. The van der Waals surface area contributed by atoms with Crippen molar-refractivity contribution >= 4 is 0 Å². The Morgan fingerprint density at radius 3 is 2.92 bits per heavy atom. The molecule has 3 rings (SSSR count). The molecule has 2 N–H and O–H groups in total. The number of ether oxygens (including phenoxy) is 1. The summed E-state index contributed by atoms with van der Waals surface area (Å²) in [5.41, 5.74) is 2.48. The predicted octanol–water partition coefficient (Wildman–Crippen LogP) is 3.83. The number of fused-ring (bicyclic) bond motifs is 3. The number of para-hydroxylation sites is 1. The number of aliphatic hydroxyl groups is 2. The molecule has 1 unspecified atom stereocenters. The van der Waals surface area contributed by atoms with Gasteiger partial charge in [0, 0.05) is 30.2 Å². The Kier molecular flexibility index (Phi) is 6.06. The lowest BCUT2D eigenvalue weighted by atomic mass is 9.86. The van der Waals surface area contributed by atoms with Crippen molar-refractivity contribution in [1.29, 1.82) is 0 Å². The van der Waals surface area contributed by atoms with E-state index in [4.69, 9.17) is 4.74 Å². The molecular formula is C23H30O3. The standard InChI is InChI=1S/C23H30O3/c1-4-6-9-15(3)19(24)13-12-17-20(25)14-21-22(17)18-11-7-10-16(8-5-2)23(18)26-21/h7,10-13,15,17,19-22,24-25H,5,8-9,14H2,1-3H3/t15?,17-,19+,20+,21-,22-/m0/s1. The Labute approximate surface area is 157 Å². The number of hydrogen-bond acceptors (Lipinski definition) is 3. The SMILES string of the molecule is CC#CCC(C)[C@H](O)C=C[C@@H]1[C@H]2c3cccc(CCC)c3O[C@H]2C[C@H]1O. The van der Waals surface area contributed by atoms with Crippen molar-refractivity contribution in [2.24, 2.45) is 11.8 Å². The molecule has 0 saturated heterocycles. The smallest absolute Gasteiger partial charge is 0.126 e. The fraction of sp³-hybridized carbons (Fsp3) is 0.565. The van der Waals surface area contributed by atoms with Gasteiger partial charge >= 0.3 is 0 Å². The zero-order chi connectivity index (χ0) is 18.7. The molecule has 1 aliphatic heterocycles. The van der Waals surface area contributed by atoms with E-state index >= 15 is 0 Å². The van der Waals surface area contributed by atoms with Crippen LogP contribution >= 0.6 is 0 Å². The minimum atomic E-state index is -0.546. The summed E-state index contributed by atoms with van der Waals surface area (Å²) in [6, 6.07) is 6.38. The fourth-order valence-corrected chi connectivity index (χ4v) is 4.25. The average Bonchev–Trinajstić information content (AvgIpc) is 3.13. The molecule has 3 nitrogen and oxygen atoms in total. The molecule has 1 fully saturated rings. The van der Waals surface area contributed by atoms with Gasteiger partial charge in [-0.15, -0.1) is 11.8 Å². The predicted molar refractivity (Wildman–Crippen MR) is 104 cm³/mol. The van der Waals surface area contributed by atoms with Crippen molar-refractivity contribution in [3.63, 3.8) is 0 Å². The van der Waals surface area contributed by atoms with Gasteiger partial charge in [0.25, 0.3) is 0 Å². The van der Waals surface area contributed by atoms with Crippen LogP contribution in [-0.4, -0.2) is 28.5 Å². The maximum Gasteiger partial charge on any atom is 0.126 e. The van der Waals surface area contributed by atoms with Crippen molar-refractivity contribution in [2.75, 3.05) is 0 Å². The normalized spacial score (nSPS) is 28.8. The lowest BCUT2D eigenvalue weighted by Gasteiger charge is -2.19. The minimum absolute atomic E-state index is 0.0164. The van der Waals surface area contributed by atoms with Gasteiger partial charge in [0.15, 0.2) is 0 Å². The quantitative estimate of drug-likeness (QED) is 0.603. The maximum atomic E-state index is 10.6. The number of aryl methyl sites for hydroxylation is 1. The largest absolute Gasteiger partial charge is 0.489 e. The maximum absolute atomic E-state index is 10.6. The van der Waals surface area contributed by atoms with Crippen LogP contribution in [0.3, 0.4) is 0 Å². The first-order chi connectivity index (χ1) is 12.6. The number of benzene rings is 1. The summed E-state index contributed by atoms with van der Waals surface area (Å²) in [5.74, 6) is 7.16. The van der Waals surface area contributed by atoms with E-state index in [2.05, 4.69) is 37.0 Å². The third-order valence-corrected chi connectivity index (χ3v) is 5.72. The van der Waals surface area contributed by atoms with E-state index in [1.54, 1.807) is 0 Å². The van der Waals surface area contributed by atoms with Gasteiger partial charge < -0.3 is 14.9 Å². The van der Waals surface area contributed by atoms with Gasteiger partial charge in [-0.25, -0.2) is 0 Å². The molecule has 1 heterocycles. The van der Waals surface area contributed by atoms with Crippen LogP contribution < -0.4 is 4.74 Å². The van der Waals surface area contributed by atoms with Crippen molar-refractivity contribution in [3.05, 3.63) is 41.5 Å². The Hall–Kier alpha value is -1.76. The molecule has 0 amide bonds. The van der Waals surface area contributed by atoms with Gasteiger partial charge in [-0.1, -0.05) is 50.6 Å². The van der Waals surface area contributed by atoms with Gasteiger partial charge in [-0.05, 0) is 24.8 Å². The van der Waals surface area contributed by atoms with Crippen LogP contribution in [0.5, 0.6) is 5.75 Å². The van der Waals surface area contributed by atoms with Crippen molar-refractivity contribution in [3.8, 4) is 17.6 Å². The highest BCUT2D eigenvalue weighted by Crippen LogP contribution is 2.52. The van der Waals surface area contributed by atoms with Crippen LogP contribution in [0.1, 0.15) is 57.1 Å². The molecule has 26 heavy (non-hydrogen) atoms. The van der Waals surface area contributed by atoms with Gasteiger partial charge in [0.2, 0.25) is 0 Å². The van der Waals surface area contributed by atoms with E-state index < -0.39 is 12.2 Å². The van der Waals surface area contributed by atoms with Gasteiger partial charge in [-0.3, -0.25) is 0 Å². The van der Waals surface area contributed by atoms with E-state index in [0.717, 1.165) is 18.6 Å². The molecule has 3 heteroatoms. The van der Waals surface area contributed by atoms with Crippen LogP contribution in [0.4, 0.5) is 0 Å². The molecule has 0 aromatic heterocycles. The summed E-state index contributed by atoms with van der Waals surface area (Å²) in [6.07, 6.45) is 6.32. The molecule has 1 aliphatic carbocycles. The molecule has 0 spiro atoms. The Morgan fingerprint density at radius 1 is 1.38 bits per heavy atom. The number of hydrogen-bond donors (Lipinski definition) is 2. The first-order valence-electron chi connectivity index (χ1n) is 9.79. The van der Waals surface area contributed by atoms with Crippen molar-refractivity contribution in [2.45, 2.75) is 70.7 Å². The van der Waals surface area contributed by atoms with E-state index in [1.807, 2.05) is 26.0 Å². The van der Waals surface area contributed by atoms with E-state index in [-0.39, 0.29) is 23.9 Å². The average molecular weight is 354 g/mol. The second-order valence-corrected chi connectivity index (χ2v) is 7.63. The zero-order valence-corrected chi connectivity index (χ0v) is 16.0. The first-order valence-corrected chi connectivity index (χ1v) is 9.79. The monoisotopic (exact) mass is 354 g/mol. The van der Waals surface area contributed by atoms with Crippen LogP contribution in [-0.2, 0) is 6.42 Å². The molecule has 1 aromatic rings. The lowest BCUT2D eigenvalue weighted by Crippen LogP contribution is -2.19. The summed E-state index contributed by atoms with van der Waals surface area (Å²) < 4.78 is 6.25. The highest BCUT2D eigenvalue weighted by Gasteiger charge is 2.48. The zero-order valence-electron chi connectivity index (χ0n) is 16.0. The highest BCUT2D eigenvalue weighted by molar-refractivity contribution is 5.49. The fourth-order valence-electron chi connectivity index (χ4n) is 4.25. The highest BCUT2D eigenvalue weighted by atomic mass is 16.5. The Bertz CT molecular complexity index is 712. The molecule has 1 aromatic carbocycles. The minimum Gasteiger partial charge on any atom is -0.489 e. The van der Waals surface area contributed by atoms with Gasteiger partial charge in [-0.2, -0.15) is 0 Å². The van der Waals surface area contributed by atoms with E-state index in [1.165, 1.54) is 11.1 Å². The third kappa shape index (κ3) is 3.68. The Morgan fingerprint density at radius 2 is 2.19 bits per heavy atom. The Balaban J connectivity index is 1.79. The number of rotatable bonds is 6. The van der Waals surface area contributed by atoms with E-state index in [0.29, 0.717) is 12.8 Å². The molecule has 6 atom stereocenters. The summed E-state index contributed by atoms with van der Waals surface area (Å²) in [5, 5.41) is 20.9. The van der Waals surface area contributed by atoms with E-state index in [9.17, 15) is 10.2 Å². The van der Waals surface area contributed by atoms with Crippen LogP contribution in [0.15, 0.2) is 30.4 Å².